The molecule has 1 atom stereocenters. The van der Waals surface area contributed by atoms with Gasteiger partial charge < -0.3 is 9.84 Å². The lowest BCUT2D eigenvalue weighted by molar-refractivity contribution is 0.0911. The first kappa shape index (κ1) is 21.5. The van der Waals surface area contributed by atoms with E-state index in [4.69, 9.17) is 4.74 Å². The fourth-order valence-electron chi connectivity index (χ4n) is 3.78. The van der Waals surface area contributed by atoms with Crippen molar-refractivity contribution in [3.8, 4) is 11.4 Å². The zero-order valence-corrected chi connectivity index (χ0v) is 18.2. The molecule has 2 aromatic heterocycles. The van der Waals surface area contributed by atoms with Gasteiger partial charge in [0.1, 0.15) is 30.2 Å². The molecular weight excluding hydrogens is 404 g/mol. The SMILES string of the molecule is C=CCc1ccccc1OCC(O)Cn1cnc2c(cnn2-c2cc(C)cc(C)c2)c1=O. The molecule has 7 heteroatoms. The summed E-state index contributed by atoms with van der Waals surface area (Å²) >= 11 is 0. The van der Waals surface area contributed by atoms with Gasteiger partial charge in [-0.15, -0.1) is 6.58 Å². The molecule has 0 spiro atoms. The number of para-hydroxylation sites is 1. The van der Waals surface area contributed by atoms with E-state index in [-0.39, 0.29) is 18.7 Å². The van der Waals surface area contributed by atoms with Crippen LogP contribution in [0.3, 0.4) is 0 Å². The van der Waals surface area contributed by atoms with Crippen LogP contribution in [0.2, 0.25) is 0 Å². The highest BCUT2D eigenvalue weighted by molar-refractivity contribution is 5.75. The lowest BCUT2D eigenvalue weighted by atomic mass is 10.1. The van der Waals surface area contributed by atoms with Crippen molar-refractivity contribution in [3.63, 3.8) is 0 Å². The molecule has 0 bridgehead atoms. The number of fused-ring (bicyclic) bond motifs is 1. The lowest BCUT2D eigenvalue weighted by Crippen LogP contribution is -2.30. The van der Waals surface area contributed by atoms with Crippen LogP contribution < -0.4 is 10.3 Å². The molecular formula is C25H26N4O3. The summed E-state index contributed by atoms with van der Waals surface area (Å²) in [5, 5.41) is 15.2. The molecule has 0 aliphatic rings. The summed E-state index contributed by atoms with van der Waals surface area (Å²) in [5.41, 5.74) is 4.30. The minimum absolute atomic E-state index is 0.0560. The number of rotatable bonds is 8. The molecule has 2 aromatic carbocycles. The zero-order valence-electron chi connectivity index (χ0n) is 18.2. The third-order valence-corrected chi connectivity index (χ3v) is 5.18. The van der Waals surface area contributed by atoms with Crippen LogP contribution in [0.5, 0.6) is 5.75 Å². The van der Waals surface area contributed by atoms with Gasteiger partial charge in [-0.25, -0.2) is 9.67 Å². The molecule has 1 unspecified atom stereocenters. The highest BCUT2D eigenvalue weighted by atomic mass is 16.5. The second-order valence-electron chi connectivity index (χ2n) is 7.91. The minimum Gasteiger partial charge on any atom is -0.491 e. The Morgan fingerprint density at radius 2 is 1.94 bits per heavy atom. The largest absolute Gasteiger partial charge is 0.491 e. The molecule has 7 nitrogen and oxygen atoms in total. The Bertz CT molecular complexity index is 1300. The van der Waals surface area contributed by atoms with Gasteiger partial charge in [-0.1, -0.05) is 30.3 Å². The van der Waals surface area contributed by atoms with Gasteiger partial charge in [-0.3, -0.25) is 9.36 Å². The third kappa shape index (κ3) is 4.48. The molecule has 0 radical (unpaired) electrons. The molecule has 4 rings (SSSR count). The lowest BCUT2D eigenvalue weighted by Gasteiger charge is -2.15. The van der Waals surface area contributed by atoms with E-state index >= 15 is 0 Å². The molecule has 0 saturated carbocycles. The molecule has 2 heterocycles. The predicted molar refractivity (Wildman–Crippen MR) is 124 cm³/mol. The van der Waals surface area contributed by atoms with Crippen molar-refractivity contribution in [3.05, 3.63) is 94.7 Å². The van der Waals surface area contributed by atoms with Crippen molar-refractivity contribution in [1.29, 1.82) is 0 Å². The second-order valence-corrected chi connectivity index (χ2v) is 7.91. The van der Waals surface area contributed by atoms with Gasteiger partial charge in [0, 0.05) is 0 Å². The Kier molecular flexibility index (Phi) is 6.18. The Morgan fingerprint density at radius 3 is 2.69 bits per heavy atom. The Labute approximate surface area is 186 Å². The smallest absolute Gasteiger partial charge is 0.264 e. The van der Waals surface area contributed by atoms with Crippen LogP contribution in [0.15, 0.2) is 72.4 Å². The highest BCUT2D eigenvalue weighted by Gasteiger charge is 2.15. The van der Waals surface area contributed by atoms with E-state index < -0.39 is 6.10 Å². The molecule has 1 N–H and O–H groups in total. The summed E-state index contributed by atoms with van der Waals surface area (Å²) in [6, 6.07) is 13.7. The van der Waals surface area contributed by atoms with Crippen LogP contribution in [0.1, 0.15) is 16.7 Å². The van der Waals surface area contributed by atoms with Crippen molar-refractivity contribution in [2.45, 2.75) is 32.9 Å². The number of aliphatic hydroxyl groups is 1. The van der Waals surface area contributed by atoms with Crippen LogP contribution in [-0.2, 0) is 13.0 Å². The van der Waals surface area contributed by atoms with E-state index in [1.54, 1.807) is 10.8 Å². The second kappa shape index (κ2) is 9.20. The summed E-state index contributed by atoms with van der Waals surface area (Å²) < 4.78 is 8.84. The molecule has 164 valence electrons. The molecule has 0 aliphatic heterocycles. The Hall–Kier alpha value is -3.71. The number of ether oxygens (including phenoxy) is 1. The molecule has 4 aromatic rings. The third-order valence-electron chi connectivity index (χ3n) is 5.18. The van der Waals surface area contributed by atoms with Crippen molar-refractivity contribution < 1.29 is 9.84 Å². The number of aromatic nitrogens is 4. The van der Waals surface area contributed by atoms with E-state index in [2.05, 4.69) is 22.7 Å². The summed E-state index contributed by atoms with van der Waals surface area (Å²) in [4.78, 5) is 17.4. The van der Waals surface area contributed by atoms with Gasteiger partial charge in [0.05, 0.1) is 18.4 Å². The zero-order chi connectivity index (χ0) is 22.7. The molecule has 0 saturated heterocycles. The van der Waals surface area contributed by atoms with Gasteiger partial charge in [0.2, 0.25) is 0 Å². The van der Waals surface area contributed by atoms with Crippen LogP contribution in [0.25, 0.3) is 16.7 Å². The van der Waals surface area contributed by atoms with Crippen LogP contribution >= 0.6 is 0 Å². The number of benzene rings is 2. The predicted octanol–water partition coefficient (Wildman–Crippen LogP) is 3.37. The van der Waals surface area contributed by atoms with Crippen molar-refractivity contribution in [1.82, 2.24) is 19.3 Å². The van der Waals surface area contributed by atoms with Crippen LogP contribution in [0, 0.1) is 13.8 Å². The van der Waals surface area contributed by atoms with E-state index in [0.717, 1.165) is 22.4 Å². The van der Waals surface area contributed by atoms with E-state index in [1.807, 2.05) is 50.2 Å². The minimum atomic E-state index is -0.877. The Morgan fingerprint density at radius 1 is 1.19 bits per heavy atom. The number of aryl methyl sites for hydroxylation is 2. The average Bonchev–Trinajstić information content (AvgIpc) is 3.20. The Balaban J connectivity index is 1.52. The summed E-state index contributed by atoms with van der Waals surface area (Å²) in [5.74, 6) is 0.696. The average molecular weight is 431 g/mol. The van der Waals surface area contributed by atoms with Crippen LogP contribution in [-0.4, -0.2) is 37.1 Å². The maximum Gasteiger partial charge on any atom is 0.264 e. The van der Waals surface area contributed by atoms with Crippen LogP contribution in [0.4, 0.5) is 0 Å². The normalized spacial score (nSPS) is 12.1. The first-order valence-corrected chi connectivity index (χ1v) is 10.5. The number of hydrogen-bond acceptors (Lipinski definition) is 5. The van der Waals surface area contributed by atoms with Crippen molar-refractivity contribution in [2.24, 2.45) is 0 Å². The summed E-state index contributed by atoms with van der Waals surface area (Å²) in [6.07, 6.45) is 4.57. The van der Waals surface area contributed by atoms with E-state index in [9.17, 15) is 9.90 Å². The summed E-state index contributed by atoms with van der Waals surface area (Å²) in [6.45, 7) is 7.91. The standard InChI is InChI=1S/C25H26N4O3/c1-4-7-19-8-5-6-9-23(19)32-15-21(30)14-28-16-26-24-22(25(28)31)13-27-29(24)20-11-17(2)10-18(3)12-20/h4-6,8-13,16,21,30H,1,7,14-15H2,2-3H3. The fourth-order valence-corrected chi connectivity index (χ4v) is 3.78. The van der Waals surface area contributed by atoms with E-state index in [0.29, 0.717) is 23.2 Å². The maximum atomic E-state index is 13.0. The molecule has 32 heavy (non-hydrogen) atoms. The molecule has 0 fully saturated rings. The van der Waals surface area contributed by atoms with Gasteiger partial charge in [0.15, 0.2) is 5.65 Å². The molecule has 0 amide bonds. The van der Waals surface area contributed by atoms with E-state index in [1.165, 1.54) is 17.1 Å². The van der Waals surface area contributed by atoms with Crippen molar-refractivity contribution >= 4 is 11.0 Å². The number of allylic oxidation sites excluding steroid dienone is 1. The quantitative estimate of drug-likeness (QED) is 0.434. The monoisotopic (exact) mass is 430 g/mol. The number of nitrogens with zero attached hydrogens (tertiary/aromatic N) is 4. The van der Waals surface area contributed by atoms with Gasteiger partial charge in [-0.2, -0.15) is 5.10 Å². The first-order chi connectivity index (χ1) is 15.5. The fraction of sp³-hybridized carbons (Fsp3) is 0.240. The van der Waals surface area contributed by atoms with Gasteiger partial charge >= 0.3 is 0 Å². The highest BCUT2D eigenvalue weighted by Crippen LogP contribution is 2.19. The number of hydrogen-bond donors (Lipinski definition) is 1. The molecule has 0 aliphatic carbocycles. The summed E-state index contributed by atoms with van der Waals surface area (Å²) in [7, 11) is 0. The topological polar surface area (TPSA) is 82.2 Å². The number of aliphatic hydroxyl groups excluding tert-OH is 1. The first-order valence-electron chi connectivity index (χ1n) is 10.5. The van der Waals surface area contributed by atoms with Crippen molar-refractivity contribution in [2.75, 3.05) is 6.61 Å². The van der Waals surface area contributed by atoms with Gasteiger partial charge in [-0.05, 0) is 55.2 Å². The van der Waals surface area contributed by atoms with Gasteiger partial charge in [0.25, 0.3) is 5.56 Å². The maximum absolute atomic E-state index is 13.0.